The van der Waals surface area contributed by atoms with Gasteiger partial charge in [0.25, 0.3) is 11.6 Å². The first-order valence-corrected chi connectivity index (χ1v) is 11.7. The van der Waals surface area contributed by atoms with Gasteiger partial charge < -0.3 is 19.5 Å². The Kier molecular flexibility index (Phi) is 9.24. The molecule has 0 fully saturated rings. The van der Waals surface area contributed by atoms with Crippen molar-refractivity contribution >= 4 is 40.3 Å². The van der Waals surface area contributed by atoms with E-state index >= 15 is 0 Å². The fourth-order valence-corrected chi connectivity index (χ4v) is 4.00. The number of nitrogens with zero attached hydrogens (tertiary/aromatic N) is 2. The highest BCUT2D eigenvalue weighted by Crippen LogP contribution is 2.35. The van der Waals surface area contributed by atoms with Crippen LogP contribution in [-0.2, 0) is 17.9 Å². The average molecular weight is 599 g/mol. The maximum absolute atomic E-state index is 12.6. The van der Waals surface area contributed by atoms with Crippen molar-refractivity contribution in [1.82, 2.24) is 5.32 Å². The number of carbonyl (C=O) groups excluding carboxylic acids is 1. The van der Waals surface area contributed by atoms with Crippen molar-refractivity contribution in [1.29, 1.82) is 5.26 Å². The van der Waals surface area contributed by atoms with E-state index in [0.29, 0.717) is 31.9 Å². The summed E-state index contributed by atoms with van der Waals surface area (Å²) in [6.45, 7) is 0.355. The van der Waals surface area contributed by atoms with Crippen LogP contribution in [0.15, 0.2) is 66.2 Å². The first-order valence-electron chi connectivity index (χ1n) is 10.6. The molecule has 0 aromatic heterocycles. The molecule has 184 valence electrons. The van der Waals surface area contributed by atoms with E-state index < -0.39 is 10.8 Å². The van der Waals surface area contributed by atoms with Crippen LogP contribution in [0.1, 0.15) is 16.7 Å². The lowest BCUT2D eigenvalue weighted by Gasteiger charge is -2.14. The minimum Gasteiger partial charge on any atom is -0.497 e. The summed E-state index contributed by atoms with van der Waals surface area (Å²) in [4.78, 5) is 23.1. The Morgan fingerprint density at radius 2 is 1.86 bits per heavy atom. The standard InChI is InChI=1S/C26H22IN3O6/c1-34-22-8-6-17(7-9-22)15-29-26(31)20(14-28)10-19-12-23(27)25(24(13-19)35-2)36-16-18-4-3-5-21(11-18)30(32)33/h3-13H,15-16H2,1-2H3,(H,29,31)/b20-10-. The van der Waals surface area contributed by atoms with Crippen molar-refractivity contribution in [3.8, 4) is 23.3 Å². The third-order valence-electron chi connectivity index (χ3n) is 5.04. The van der Waals surface area contributed by atoms with Gasteiger partial charge in [-0.15, -0.1) is 0 Å². The summed E-state index contributed by atoms with van der Waals surface area (Å²) in [6.07, 6.45) is 1.47. The zero-order valence-corrected chi connectivity index (χ0v) is 21.6. The van der Waals surface area contributed by atoms with Gasteiger partial charge in [0.15, 0.2) is 11.5 Å². The second-order valence-corrected chi connectivity index (χ2v) is 8.61. The summed E-state index contributed by atoms with van der Waals surface area (Å²) >= 11 is 2.07. The molecule has 3 aromatic carbocycles. The van der Waals surface area contributed by atoms with Crippen molar-refractivity contribution in [2.45, 2.75) is 13.2 Å². The Hall–Kier alpha value is -4.11. The number of nitro benzene ring substituents is 1. The average Bonchev–Trinajstić information content (AvgIpc) is 2.89. The van der Waals surface area contributed by atoms with E-state index in [1.165, 1.54) is 25.3 Å². The van der Waals surface area contributed by atoms with Crippen molar-refractivity contribution in [2.24, 2.45) is 0 Å². The molecule has 9 nitrogen and oxygen atoms in total. The summed E-state index contributed by atoms with van der Waals surface area (Å²) in [5, 5.41) is 23.3. The SMILES string of the molecule is COc1ccc(CNC(=O)/C(C#N)=C\c2cc(I)c(OCc3cccc([N+](=O)[O-])c3)c(OC)c2)cc1. The molecule has 0 heterocycles. The van der Waals surface area contributed by atoms with E-state index in [-0.39, 0.29) is 24.4 Å². The number of nitrogens with one attached hydrogen (secondary N) is 1. The van der Waals surface area contributed by atoms with E-state index in [2.05, 4.69) is 27.9 Å². The van der Waals surface area contributed by atoms with Gasteiger partial charge in [-0.1, -0.05) is 24.3 Å². The molecule has 0 radical (unpaired) electrons. The Morgan fingerprint density at radius 3 is 2.50 bits per heavy atom. The lowest BCUT2D eigenvalue weighted by molar-refractivity contribution is -0.384. The zero-order chi connectivity index (χ0) is 26.1. The molecule has 0 aliphatic rings. The van der Waals surface area contributed by atoms with Gasteiger partial charge in [-0.25, -0.2) is 0 Å². The van der Waals surface area contributed by atoms with Crippen molar-refractivity contribution in [3.63, 3.8) is 0 Å². The number of halogens is 1. The lowest BCUT2D eigenvalue weighted by Crippen LogP contribution is -2.23. The van der Waals surface area contributed by atoms with Crippen LogP contribution in [-0.4, -0.2) is 25.1 Å². The maximum Gasteiger partial charge on any atom is 0.269 e. The Balaban J connectivity index is 1.74. The number of rotatable bonds is 10. The molecule has 0 aliphatic heterocycles. The van der Waals surface area contributed by atoms with E-state index in [1.54, 1.807) is 43.5 Å². The molecular weight excluding hydrogens is 577 g/mol. The molecule has 0 unspecified atom stereocenters. The highest BCUT2D eigenvalue weighted by atomic mass is 127. The van der Waals surface area contributed by atoms with Crippen LogP contribution in [0.2, 0.25) is 0 Å². The molecule has 1 amide bonds. The van der Waals surface area contributed by atoms with Crippen LogP contribution >= 0.6 is 22.6 Å². The van der Waals surface area contributed by atoms with Gasteiger partial charge in [0, 0.05) is 18.7 Å². The molecule has 0 bridgehead atoms. The Morgan fingerprint density at radius 1 is 1.11 bits per heavy atom. The van der Waals surface area contributed by atoms with Crippen molar-refractivity contribution in [3.05, 3.63) is 96.6 Å². The van der Waals surface area contributed by atoms with Gasteiger partial charge in [0.2, 0.25) is 0 Å². The molecule has 10 heteroatoms. The number of hydrogen-bond donors (Lipinski definition) is 1. The molecule has 3 aromatic rings. The first kappa shape index (κ1) is 26.5. The molecule has 0 aliphatic carbocycles. The summed E-state index contributed by atoms with van der Waals surface area (Å²) in [5.41, 5.74) is 1.99. The number of methoxy groups -OCH3 is 2. The lowest BCUT2D eigenvalue weighted by atomic mass is 10.1. The summed E-state index contributed by atoms with van der Waals surface area (Å²) in [7, 11) is 3.05. The number of nitro groups is 1. The fourth-order valence-electron chi connectivity index (χ4n) is 3.21. The molecule has 0 saturated heterocycles. The number of nitriles is 1. The summed E-state index contributed by atoms with van der Waals surface area (Å²) < 4.78 is 17.1. The van der Waals surface area contributed by atoms with Crippen LogP contribution in [0.4, 0.5) is 5.69 Å². The minimum absolute atomic E-state index is 0.0208. The molecule has 0 saturated carbocycles. The van der Waals surface area contributed by atoms with Crippen molar-refractivity contribution in [2.75, 3.05) is 14.2 Å². The van der Waals surface area contributed by atoms with E-state index in [4.69, 9.17) is 14.2 Å². The first-order chi connectivity index (χ1) is 17.3. The molecule has 36 heavy (non-hydrogen) atoms. The van der Waals surface area contributed by atoms with Crippen LogP contribution in [0.25, 0.3) is 6.08 Å². The number of non-ortho nitro benzene ring substituents is 1. The fraction of sp³-hybridized carbons (Fsp3) is 0.154. The van der Waals surface area contributed by atoms with Crippen molar-refractivity contribution < 1.29 is 23.9 Å². The van der Waals surface area contributed by atoms with Gasteiger partial charge in [0.1, 0.15) is 24.0 Å². The normalized spacial score (nSPS) is 10.8. The predicted octanol–water partition coefficient (Wildman–Crippen LogP) is 5.02. The molecule has 0 atom stereocenters. The maximum atomic E-state index is 12.6. The number of benzene rings is 3. The minimum atomic E-state index is -0.506. The van der Waals surface area contributed by atoms with Crippen LogP contribution < -0.4 is 19.5 Å². The highest BCUT2D eigenvalue weighted by Gasteiger charge is 2.15. The quantitative estimate of drug-likeness (QED) is 0.114. The molecule has 1 N–H and O–H groups in total. The van der Waals surface area contributed by atoms with Crippen LogP contribution in [0.3, 0.4) is 0 Å². The molecule has 3 rings (SSSR count). The van der Waals surface area contributed by atoms with Gasteiger partial charge in [0.05, 0.1) is 22.7 Å². The second-order valence-electron chi connectivity index (χ2n) is 7.45. The van der Waals surface area contributed by atoms with E-state index in [1.807, 2.05) is 18.2 Å². The number of amides is 1. The van der Waals surface area contributed by atoms with Gasteiger partial charge in [-0.05, 0) is 69.6 Å². The number of hydrogen-bond acceptors (Lipinski definition) is 7. The molecular formula is C26H22IN3O6. The smallest absolute Gasteiger partial charge is 0.269 e. The topological polar surface area (TPSA) is 124 Å². The van der Waals surface area contributed by atoms with Gasteiger partial charge >= 0.3 is 0 Å². The Bertz CT molecular complexity index is 1330. The highest BCUT2D eigenvalue weighted by molar-refractivity contribution is 14.1. The summed E-state index contributed by atoms with van der Waals surface area (Å²) in [5.74, 6) is 1.05. The largest absolute Gasteiger partial charge is 0.497 e. The van der Waals surface area contributed by atoms with Crippen LogP contribution in [0.5, 0.6) is 17.2 Å². The monoisotopic (exact) mass is 599 g/mol. The predicted molar refractivity (Wildman–Crippen MR) is 142 cm³/mol. The zero-order valence-electron chi connectivity index (χ0n) is 19.5. The third kappa shape index (κ3) is 6.96. The second kappa shape index (κ2) is 12.6. The number of carbonyl (C=O) groups is 1. The number of ether oxygens (including phenoxy) is 3. The third-order valence-corrected chi connectivity index (χ3v) is 5.85. The van der Waals surface area contributed by atoms with Gasteiger partial charge in [-0.3, -0.25) is 14.9 Å². The Labute approximate surface area is 221 Å². The van der Waals surface area contributed by atoms with E-state index in [0.717, 1.165) is 5.56 Å². The summed E-state index contributed by atoms with van der Waals surface area (Å²) in [6, 6.07) is 18.8. The van der Waals surface area contributed by atoms with E-state index in [9.17, 15) is 20.2 Å². The van der Waals surface area contributed by atoms with Gasteiger partial charge in [-0.2, -0.15) is 5.26 Å². The molecule has 0 spiro atoms. The van der Waals surface area contributed by atoms with Crippen LogP contribution in [0, 0.1) is 25.0 Å².